The van der Waals surface area contributed by atoms with Gasteiger partial charge in [0.15, 0.2) is 11.3 Å². The summed E-state index contributed by atoms with van der Waals surface area (Å²) in [7, 11) is 1.85. The molecule has 2 aliphatic heterocycles. The number of pyridine rings is 1. The highest BCUT2D eigenvalue weighted by molar-refractivity contribution is 5.98. The number of aliphatic imine (C=N–C) groups is 1. The molecule has 1 unspecified atom stereocenters. The van der Waals surface area contributed by atoms with Crippen LogP contribution in [0, 0.1) is 11.7 Å². The number of carbonyl (C=O) groups is 1. The third-order valence-corrected chi connectivity index (χ3v) is 8.36. The van der Waals surface area contributed by atoms with Crippen molar-refractivity contribution in [1.29, 1.82) is 0 Å². The Labute approximate surface area is 215 Å². The molecular formula is C28H33FN6O2. The molecule has 1 aliphatic carbocycles. The Balaban J connectivity index is 1.37. The van der Waals surface area contributed by atoms with Crippen LogP contribution in [0.2, 0.25) is 0 Å². The first-order valence-electron chi connectivity index (χ1n) is 13.4. The maximum Gasteiger partial charge on any atom is 0.354 e. The van der Waals surface area contributed by atoms with Gasteiger partial charge in [-0.2, -0.15) is 5.10 Å². The van der Waals surface area contributed by atoms with Gasteiger partial charge in [0.1, 0.15) is 5.82 Å². The lowest BCUT2D eigenvalue weighted by atomic mass is 9.82. The first kappa shape index (κ1) is 24.0. The fraction of sp³-hybridized carbons (Fsp3) is 0.500. The summed E-state index contributed by atoms with van der Waals surface area (Å²) in [6.07, 6.45) is 8.61. The van der Waals surface area contributed by atoms with E-state index in [1.54, 1.807) is 22.9 Å². The number of benzene rings is 1. The van der Waals surface area contributed by atoms with Gasteiger partial charge in [0.05, 0.1) is 22.5 Å². The second-order valence-electron chi connectivity index (χ2n) is 10.6. The van der Waals surface area contributed by atoms with E-state index in [9.17, 15) is 14.3 Å². The number of carboxylic acids is 1. The molecule has 0 amide bonds. The van der Waals surface area contributed by atoms with Gasteiger partial charge < -0.3 is 15.0 Å². The zero-order chi connectivity index (χ0) is 25.5. The molecule has 1 atom stereocenters. The van der Waals surface area contributed by atoms with Crippen molar-refractivity contribution < 1.29 is 14.3 Å². The van der Waals surface area contributed by atoms with Crippen molar-refractivity contribution >= 4 is 28.9 Å². The maximum absolute atomic E-state index is 13.7. The number of aromatic carboxylic acids is 1. The van der Waals surface area contributed by atoms with E-state index >= 15 is 0 Å². The van der Waals surface area contributed by atoms with Crippen molar-refractivity contribution in [2.24, 2.45) is 10.9 Å². The minimum atomic E-state index is -1.06. The van der Waals surface area contributed by atoms with Crippen LogP contribution in [0.3, 0.4) is 0 Å². The van der Waals surface area contributed by atoms with E-state index < -0.39 is 5.97 Å². The summed E-state index contributed by atoms with van der Waals surface area (Å²) in [5, 5.41) is 15.8. The van der Waals surface area contributed by atoms with Gasteiger partial charge >= 0.3 is 5.97 Å². The zero-order valence-electron chi connectivity index (χ0n) is 21.2. The average molecular weight is 505 g/mol. The molecule has 2 saturated heterocycles. The van der Waals surface area contributed by atoms with E-state index in [1.165, 1.54) is 12.1 Å². The molecule has 3 aromatic rings. The molecule has 1 N–H and O–H groups in total. The lowest BCUT2D eigenvalue weighted by Crippen LogP contribution is -2.44. The average Bonchev–Trinajstić information content (AvgIpc) is 3.49. The predicted octanol–water partition coefficient (Wildman–Crippen LogP) is 4.52. The van der Waals surface area contributed by atoms with E-state index in [2.05, 4.69) is 26.0 Å². The van der Waals surface area contributed by atoms with Gasteiger partial charge in [-0.15, -0.1) is 0 Å². The highest BCUT2D eigenvalue weighted by Crippen LogP contribution is 2.43. The van der Waals surface area contributed by atoms with Crippen LogP contribution in [0.4, 0.5) is 10.1 Å². The molecule has 1 saturated carbocycles. The molecular weight excluding hydrogens is 471 g/mol. The van der Waals surface area contributed by atoms with Crippen molar-refractivity contribution in [3.8, 4) is 5.69 Å². The molecule has 37 heavy (non-hydrogen) atoms. The molecule has 3 aliphatic rings. The first-order valence-corrected chi connectivity index (χ1v) is 13.4. The number of anilines is 1. The molecule has 0 radical (unpaired) electrons. The minimum absolute atomic E-state index is 0.00859. The van der Waals surface area contributed by atoms with Crippen LogP contribution in [-0.4, -0.2) is 76.2 Å². The molecule has 1 aromatic carbocycles. The summed E-state index contributed by atoms with van der Waals surface area (Å²) in [4.78, 5) is 25.8. The highest BCUT2D eigenvalue weighted by atomic mass is 19.1. The zero-order valence-corrected chi connectivity index (χ0v) is 21.2. The maximum atomic E-state index is 13.7. The van der Waals surface area contributed by atoms with Gasteiger partial charge in [-0.25, -0.2) is 18.9 Å². The van der Waals surface area contributed by atoms with Crippen LogP contribution in [0.1, 0.15) is 60.6 Å². The number of likely N-dealkylation sites (tertiary alicyclic amines) is 1. The second kappa shape index (κ2) is 9.85. The van der Waals surface area contributed by atoms with E-state index in [0.29, 0.717) is 29.2 Å². The lowest BCUT2D eigenvalue weighted by molar-refractivity contribution is 0.0691. The van der Waals surface area contributed by atoms with E-state index in [-0.39, 0.29) is 11.5 Å². The number of fused-ring (bicyclic) bond motifs is 1. The summed E-state index contributed by atoms with van der Waals surface area (Å²) in [5.74, 6) is -0.507. The number of nitrogens with zero attached hydrogens (tertiary/aromatic N) is 6. The number of hydrogen-bond acceptors (Lipinski definition) is 6. The number of halogens is 1. The first-order chi connectivity index (χ1) is 18.0. The molecule has 3 fully saturated rings. The van der Waals surface area contributed by atoms with E-state index in [4.69, 9.17) is 5.10 Å². The third-order valence-electron chi connectivity index (χ3n) is 8.36. The Hall–Kier alpha value is -3.33. The Morgan fingerprint density at radius 1 is 1.11 bits per heavy atom. The van der Waals surface area contributed by atoms with Crippen LogP contribution in [0.25, 0.3) is 16.7 Å². The Morgan fingerprint density at radius 2 is 1.86 bits per heavy atom. The van der Waals surface area contributed by atoms with Crippen molar-refractivity contribution in [2.75, 3.05) is 38.1 Å². The number of piperidine rings is 1. The highest BCUT2D eigenvalue weighted by Gasteiger charge is 2.33. The van der Waals surface area contributed by atoms with Gasteiger partial charge in [-0.3, -0.25) is 4.90 Å². The van der Waals surface area contributed by atoms with Gasteiger partial charge in [0.2, 0.25) is 0 Å². The fourth-order valence-electron chi connectivity index (χ4n) is 6.16. The smallest absolute Gasteiger partial charge is 0.354 e. The number of rotatable bonds is 6. The Morgan fingerprint density at radius 3 is 2.51 bits per heavy atom. The molecule has 0 spiro atoms. The van der Waals surface area contributed by atoms with Crippen LogP contribution >= 0.6 is 0 Å². The quantitative estimate of drug-likeness (QED) is 0.497. The Bertz CT molecular complexity index is 1320. The summed E-state index contributed by atoms with van der Waals surface area (Å²) in [5.41, 5.74) is 3.11. The normalized spacial score (nSPS) is 21.8. The number of hydrogen-bond donors (Lipinski definition) is 1. The standard InChI is InChI=1S/C28H33FN6O2/c1-30-16-18-9-12-34(17-18)21-10-13-33(14-11-21)24-15-23(28(36)37)31-27-25(24)26(19-3-2-4-19)32-35(27)22-7-5-20(29)6-8-22/h5-8,15-16,18-19,21H,2-4,9-14,17H2,1H3,(H,36,37). The van der Waals surface area contributed by atoms with Crippen molar-refractivity contribution in [3.63, 3.8) is 0 Å². The topological polar surface area (TPSA) is 86.8 Å². The lowest BCUT2D eigenvalue weighted by Gasteiger charge is -2.38. The Kier molecular flexibility index (Phi) is 6.40. The van der Waals surface area contributed by atoms with Crippen molar-refractivity contribution in [2.45, 2.75) is 50.5 Å². The molecule has 2 aromatic heterocycles. The molecule has 8 nitrogen and oxygen atoms in total. The monoisotopic (exact) mass is 504 g/mol. The number of aromatic nitrogens is 3. The summed E-state index contributed by atoms with van der Waals surface area (Å²) in [6.45, 7) is 3.90. The van der Waals surface area contributed by atoms with Crippen molar-refractivity contribution in [3.05, 3.63) is 47.5 Å². The number of carboxylic acid groups (broad SMARTS) is 1. The largest absolute Gasteiger partial charge is 0.477 e. The van der Waals surface area contributed by atoms with Gasteiger partial charge in [-0.05, 0) is 69.0 Å². The minimum Gasteiger partial charge on any atom is -0.477 e. The van der Waals surface area contributed by atoms with Crippen LogP contribution in [0.5, 0.6) is 0 Å². The molecule has 0 bridgehead atoms. The summed E-state index contributed by atoms with van der Waals surface area (Å²) >= 11 is 0. The van der Waals surface area contributed by atoms with E-state index in [0.717, 1.165) is 81.5 Å². The SMILES string of the molecule is CN=CC1CCN(C2CCN(c3cc(C(=O)O)nc4c3c(C3CCC3)nn4-c3ccc(F)cc3)CC2)C1. The van der Waals surface area contributed by atoms with E-state index in [1.807, 2.05) is 7.05 Å². The summed E-state index contributed by atoms with van der Waals surface area (Å²) < 4.78 is 15.4. The van der Waals surface area contributed by atoms with Crippen LogP contribution in [0.15, 0.2) is 35.3 Å². The van der Waals surface area contributed by atoms with Crippen LogP contribution in [-0.2, 0) is 0 Å². The van der Waals surface area contributed by atoms with Crippen LogP contribution < -0.4 is 4.90 Å². The second-order valence-corrected chi connectivity index (χ2v) is 10.6. The molecule has 6 rings (SSSR count). The van der Waals surface area contributed by atoms with Gasteiger partial charge in [0.25, 0.3) is 0 Å². The van der Waals surface area contributed by atoms with Gasteiger partial charge in [-0.1, -0.05) is 6.42 Å². The van der Waals surface area contributed by atoms with Gasteiger partial charge in [0, 0.05) is 50.8 Å². The third kappa shape index (κ3) is 4.50. The van der Waals surface area contributed by atoms with Crippen molar-refractivity contribution in [1.82, 2.24) is 19.7 Å². The fourth-order valence-corrected chi connectivity index (χ4v) is 6.16. The molecule has 9 heteroatoms. The molecule has 194 valence electrons. The molecule has 4 heterocycles. The predicted molar refractivity (Wildman–Crippen MR) is 142 cm³/mol. The summed E-state index contributed by atoms with van der Waals surface area (Å²) in [6, 6.07) is 8.39.